The summed E-state index contributed by atoms with van der Waals surface area (Å²) in [6.07, 6.45) is -9.20. The fraction of sp³-hybridized carbons (Fsp3) is 0.200. The first-order valence-corrected chi connectivity index (χ1v) is 6.06. The highest BCUT2D eigenvalue weighted by molar-refractivity contribution is 5.75. The van der Waals surface area contributed by atoms with Gasteiger partial charge in [0.05, 0.1) is 18.2 Å². The number of methoxy groups -OCH3 is 1. The lowest BCUT2D eigenvalue weighted by Crippen LogP contribution is -2.08. The summed E-state index contributed by atoms with van der Waals surface area (Å²) in [4.78, 5) is 0. The van der Waals surface area contributed by atoms with Crippen LogP contribution < -0.4 is 4.74 Å². The summed E-state index contributed by atoms with van der Waals surface area (Å²) in [6, 6.07) is 6.82. The highest BCUT2D eigenvalue weighted by Gasteiger charge is 2.35. The summed E-state index contributed by atoms with van der Waals surface area (Å²) in [5.41, 5.74) is -2.18. The normalized spacial score (nSPS) is 12.3. The van der Waals surface area contributed by atoms with E-state index in [0.29, 0.717) is 0 Å². The molecular formula is C15H10F6O. The zero-order valence-electron chi connectivity index (χ0n) is 11.2. The Morgan fingerprint density at radius 1 is 0.773 bits per heavy atom. The Morgan fingerprint density at radius 3 is 1.82 bits per heavy atom. The van der Waals surface area contributed by atoms with Crippen LogP contribution >= 0.6 is 0 Å². The fourth-order valence-electron chi connectivity index (χ4n) is 2.06. The lowest BCUT2D eigenvalue weighted by molar-refractivity contribution is -0.138. The number of rotatable bonds is 2. The number of hydrogen-bond acceptors (Lipinski definition) is 1. The van der Waals surface area contributed by atoms with Gasteiger partial charge in [-0.05, 0) is 29.8 Å². The minimum atomic E-state index is -4.65. The third-order valence-electron chi connectivity index (χ3n) is 3.05. The molecule has 2 aromatic rings. The van der Waals surface area contributed by atoms with Crippen LogP contribution in [0.4, 0.5) is 26.3 Å². The Bertz CT molecular complexity index is 655. The Morgan fingerprint density at radius 2 is 1.36 bits per heavy atom. The van der Waals surface area contributed by atoms with Crippen molar-refractivity contribution in [2.24, 2.45) is 0 Å². The van der Waals surface area contributed by atoms with Crippen molar-refractivity contribution < 1.29 is 31.1 Å². The number of alkyl halides is 6. The number of hydrogen-bond donors (Lipinski definition) is 0. The summed E-state index contributed by atoms with van der Waals surface area (Å²) in [5.74, 6) is -0.0606. The molecule has 0 atom stereocenters. The first-order valence-electron chi connectivity index (χ1n) is 6.06. The average Bonchev–Trinajstić information content (AvgIpc) is 2.44. The number of ether oxygens (including phenoxy) is 1. The second-order valence-corrected chi connectivity index (χ2v) is 4.46. The molecule has 0 saturated carbocycles. The number of benzene rings is 2. The Balaban J connectivity index is 2.61. The topological polar surface area (TPSA) is 9.23 Å². The van der Waals surface area contributed by atoms with Crippen LogP contribution in [-0.2, 0) is 12.4 Å². The van der Waals surface area contributed by atoms with Gasteiger partial charge in [-0.25, -0.2) is 0 Å². The molecule has 7 heteroatoms. The predicted molar refractivity (Wildman–Crippen MR) is 68.4 cm³/mol. The Kier molecular flexibility index (Phi) is 4.08. The summed E-state index contributed by atoms with van der Waals surface area (Å²) >= 11 is 0. The van der Waals surface area contributed by atoms with Crippen LogP contribution in [0.25, 0.3) is 11.1 Å². The predicted octanol–water partition coefficient (Wildman–Crippen LogP) is 5.40. The summed E-state index contributed by atoms with van der Waals surface area (Å²) in [7, 11) is 1.20. The maximum Gasteiger partial charge on any atom is 0.417 e. The second-order valence-electron chi connectivity index (χ2n) is 4.46. The molecule has 0 aliphatic carbocycles. The fourth-order valence-corrected chi connectivity index (χ4v) is 2.06. The molecule has 2 aromatic carbocycles. The highest BCUT2D eigenvalue weighted by atomic mass is 19.4. The molecule has 0 aromatic heterocycles. The van der Waals surface area contributed by atoms with E-state index >= 15 is 0 Å². The van der Waals surface area contributed by atoms with Crippen molar-refractivity contribution in [3.63, 3.8) is 0 Å². The SMILES string of the molecule is COc1cccc(C(F)(F)F)c1-c1ccc(C(F)(F)F)cc1. The van der Waals surface area contributed by atoms with Gasteiger partial charge < -0.3 is 4.74 Å². The molecule has 0 aliphatic rings. The van der Waals surface area contributed by atoms with Gasteiger partial charge in [-0.2, -0.15) is 26.3 Å². The van der Waals surface area contributed by atoms with Gasteiger partial charge >= 0.3 is 12.4 Å². The van der Waals surface area contributed by atoms with Crippen molar-refractivity contribution in [3.8, 4) is 16.9 Å². The smallest absolute Gasteiger partial charge is 0.417 e. The van der Waals surface area contributed by atoms with E-state index in [9.17, 15) is 26.3 Å². The lowest BCUT2D eigenvalue weighted by atomic mass is 9.97. The van der Waals surface area contributed by atoms with Crippen molar-refractivity contribution in [1.82, 2.24) is 0 Å². The molecule has 2 rings (SSSR count). The van der Waals surface area contributed by atoms with E-state index < -0.39 is 23.5 Å². The maximum atomic E-state index is 13.1. The molecular weight excluding hydrogens is 310 g/mol. The summed E-state index contributed by atoms with van der Waals surface area (Å²) < 4.78 is 81.8. The molecule has 0 bridgehead atoms. The van der Waals surface area contributed by atoms with E-state index in [1.54, 1.807) is 0 Å². The minimum absolute atomic E-state index is 0.00206. The molecule has 118 valence electrons. The van der Waals surface area contributed by atoms with Crippen molar-refractivity contribution in [3.05, 3.63) is 53.6 Å². The maximum absolute atomic E-state index is 13.1. The largest absolute Gasteiger partial charge is 0.496 e. The average molecular weight is 320 g/mol. The van der Waals surface area contributed by atoms with Crippen molar-refractivity contribution in [1.29, 1.82) is 0 Å². The van der Waals surface area contributed by atoms with E-state index in [1.807, 2.05) is 0 Å². The van der Waals surface area contributed by atoms with Crippen LogP contribution in [-0.4, -0.2) is 7.11 Å². The van der Waals surface area contributed by atoms with E-state index in [2.05, 4.69) is 0 Å². The van der Waals surface area contributed by atoms with Crippen LogP contribution in [0.5, 0.6) is 5.75 Å². The second kappa shape index (κ2) is 5.55. The van der Waals surface area contributed by atoms with Gasteiger partial charge in [0.2, 0.25) is 0 Å². The van der Waals surface area contributed by atoms with Gasteiger partial charge in [0, 0.05) is 5.56 Å². The Labute approximate surface area is 122 Å². The summed E-state index contributed by atoms with van der Waals surface area (Å²) in [5, 5.41) is 0. The third kappa shape index (κ3) is 3.18. The minimum Gasteiger partial charge on any atom is -0.496 e. The molecule has 0 radical (unpaired) electrons. The van der Waals surface area contributed by atoms with Crippen LogP contribution in [0.15, 0.2) is 42.5 Å². The first kappa shape index (κ1) is 16.2. The summed E-state index contributed by atoms with van der Waals surface area (Å²) in [6.45, 7) is 0. The molecule has 0 heterocycles. The van der Waals surface area contributed by atoms with Gasteiger partial charge in [-0.15, -0.1) is 0 Å². The van der Waals surface area contributed by atoms with Gasteiger partial charge in [0.25, 0.3) is 0 Å². The molecule has 0 spiro atoms. The van der Waals surface area contributed by atoms with E-state index in [-0.39, 0.29) is 16.9 Å². The van der Waals surface area contributed by atoms with Crippen molar-refractivity contribution in [2.45, 2.75) is 12.4 Å². The molecule has 0 unspecified atom stereocenters. The first-order chi connectivity index (χ1) is 10.1. The molecule has 1 nitrogen and oxygen atoms in total. The van der Waals surface area contributed by atoms with Gasteiger partial charge in [0.1, 0.15) is 5.75 Å². The lowest BCUT2D eigenvalue weighted by Gasteiger charge is -2.17. The molecule has 0 saturated heterocycles. The van der Waals surface area contributed by atoms with Crippen LogP contribution in [0.3, 0.4) is 0 Å². The monoisotopic (exact) mass is 320 g/mol. The third-order valence-corrected chi connectivity index (χ3v) is 3.05. The molecule has 22 heavy (non-hydrogen) atoms. The molecule has 0 N–H and O–H groups in total. The van der Waals surface area contributed by atoms with Gasteiger partial charge in [0.15, 0.2) is 0 Å². The standard InChI is InChI=1S/C15H10F6O/c1-22-12-4-2-3-11(15(19,20)21)13(12)9-5-7-10(8-6-9)14(16,17)18/h2-8H,1H3. The van der Waals surface area contributed by atoms with Crippen LogP contribution in [0, 0.1) is 0 Å². The van der Waals surface area contributed by atoms with E-state index in [4.69, 9.17) is 4.74 Å². The number of halogens is 6. The van der Waals surface area contributed by atoms with E-state index in [0.717, 1.165) is 30.3 Å². The van der Waals surface area contributed by atoms with Crippen LogP contribution in [0.1, 0.15) is 11.1 Å². The molecule has 0 aliphatic heterocycles. The molecule has 0 fully saturated rings. The zero-order valence-corrected chi connectivity index (χ0v) is 11.2. The molecule has 0 amide bonds. The highest BCUT2D eigenvalue weighted by Crippen LogP contribution is 2.42. The zero-order chi connectivity index (χ0) is 16.5. The Hall–Kier alpha value is -2.18. The van der Waals surface area contributed by atoms with Crippen molar-refractivity contribution >= 4 is 0 Å². The van der Waals surface area contributed by atoms with Gasteiger partial charge in [-0.3, -0.25) is 0 Å². The van der Waals surface area contributed by atoms with Gasteiger partial charge in [-0.1, -0.05) is 18.2 Å². The quantitative estimate of drug-likeness (QED) is 0.673. The van der Waals surface area contributed by atoms with Crippen LogP contribution in [0.2, 0.25) is 0 Å². The van der Waals surface area contributed by atoms with Crippen molar-refractivity contribution in [2.75, 3.05) is 7.11 Å². The van der Waals surface area contributed by atoms with E-state index in [1.165, 1.54) is 19.2 Å².